The maximum Gasteiger partial charge on any atom is 0.209 e. The van der Waals surface area contributed by atoms with Crippen molar-refractivity contribution < 1.29 is 8.81 Å². The third-order valence-corrected chi connectivity index (χ3v) is 4.88. The number of nitrogens with one attached hydrogen (secondary N) is 1. The SMILES string of the molecule is Fc1ccc(/C=C/c2nc(SCc3ncc(-c4ccc(Cl)cc4)o3)n[nH]2)cc1. The van der Waals surface area contributed by atoms with Gasteiger partial charge in [0.15, 0.2) is 5.76 Å². The van der Waals surface area contributed by atoms with E-state index in [1.165, 1.54) is 23.9 Å². The summed E-state index contributed by atoms with van der Waals surface area (Å²) in [6.07, 6.45) is 5.31. The first kappa shape index (κ1) is 18.5. The molecule has 140 valence electrons. The number of nitrogens with zero attached hydrogens (tertiary/aromatic N) is 3. The molecule has 0 aliphatic carbocycles. The summed E-state index contributed by atoms with van der Waals surface area (Å²) < 4.78 is 18.7. The maximum atomic E-state index is 12.9. The van der Waals surface area contributed by atoms with Crippen LogP contribution < -0.4 is 0 Å². The van der Waals surface area contributed by atoms with Gasteiger partial charge < -0.3 is 4.42 Å². The molecule has 0 atom stereocenters. The van der Waals surface area contributed by atoms with Gasteiger partial charge in [0.25, 0.3) is 0 Å². The number of hydrogen-bond acceptors (Lipinski definition) is 5. The summed E-state index contributed by atoms with van der Waals surface area (Å²) in [5.41, 5.74) is 1.79. The van der Waals surface area contributed by atoms with Crippen molar-refractivity contribution >= 4 is 35.5 Å². The lowest BCUT2D eigenvalue weighted by Gasteiger charge is -1.96. The molecule has 2 aromatic carbocycles. The number of thioether (sulfide) groups is 1. The topological polar surface area (TPSA) is 67.6 Å². The van der Waals surface area contributed by atoms with E-state index < -0.39 is 0 Å². The van der Waals surface area contributed by atoms with Crippen LogP contribution in [0, 0.1) is 5.82 Å². The van der Waals surface area contributed by atoms with Crippen LogP contribution in [0.2, 0.25) is 5.02 Å². The maximum absolute atomic E-state index is 12.9. The third kappa shape index (κ3) is 4.68. The second kappa shape index (κ2) is 8.41. The Labute approximate surface area is 169 Å². The minimum atomic E-state index is -0.263. The van der Waals surface area contributed by atoms with Gasteiger partial charge in [-0.1, -0.05) is 41.6 Å². The van der Waals surface area contributed by atoms with Crippen LogP contribution in [0.1, 0.15) is 17.3 Å². The normalized spacial score (nSPS) is 11.4. The molecular weight excluding hydrogens is 399 g/mol. The Morgan fingerprint density at radius 1 is 1.07 bits per heavy atom. The molecule has 5 nitrogen and oxygen atoms in total. The number of rotatable bonds is 6. The first-order valence-corrected chi connectivity index (χ1v) is 9.71. The number of oxazole rings is 1. The predicted octanol–water partition coefficient (Wildman–Crippen LogP) is 5.71. The Morgan fingerprint density at radius 2 is 1.86 bits per heavy atom. The summed E-state index contributed by atoms with van der Waals surface area (Å²) >= 11 is 7.32. The number of aromatic amines is 1. The third-order valence-electron chi connectivity index (χ3n) is 3.79. The number of halogens is 2. The van der Waals surface area contributed by atoms with Crippen LogP contribution >= 0.6 is 23.4 Å². The second-order valence-electron chi connectivity index (χ2n) is 5.80. The molecule has 4 rings (SSSR count). The largest absolute Gasteiger partial charge is 0.440 e. The molecule has 2 heterocycles. The standard InChI is InChI=1S/C20H14ClFN4OS/c21-15-6-4-14(5-7-15)17-11-23-19(27-17)12-28-20-24-18(25-26-20)10-3-13-1-8-16(22)9-2-13/h1-11H,12H2,(H,24,25,26)/b10-3+. The molecule has 8 heteroatoms. The van der Waals surface area contributed by atoms with Crippen LogP contribution in [0.25, 0.3) is 23.5 Å². The van der Waals surface area contributed by atoms with E-state index in [0.717, 1.165) is 11.1 Å². The predicted molar refractivity (Wildman–Crippen MR) is 108 cm³/mol. The van der Waals surface area contributed by atoms with Gasteiger partial charge in [-0.15, -0.1) is 5.10 Å². The lowest BCUT2D eigenvalue weighted by Crippen LogP contribution is -1.81. The highest BCUT2D eigenvalue weighted by Gasteiger charge is 2.09. The number of aromatic nitrogens is 4. The van der Waals surface area contributed by atoms with Crippen LogP contribution in [0.5, 0.6) is 0 Å². The van der Waals surface area contributed by atoms with E-state index in [9.17, 15) is 4.39 Å². The highest BCUT2D eigenvalue weighted by Crippen LogP contribution is 2.25. The summed E-state index contributed by atoms with van der Waals surface area (Å²) in [6, 6.07) is 13.6. The lowest BCUT2D eigenvalue weighted by atomic mass is 10.2. The van der Waals surface area contributed by atoms with Crippen molar-refractivity contribution in [3.63, 3.8) is 0 Å². The summed E-state index contributed by atoms with van der Waals surface area (Å²) in [7, 11) is 0. The van der Waals surface area contributed by atoms with E-state index in [0.29, 0.717) is 33.4 Å². The average Bonchev–Trinajstić information content (AvgIpc) is 3.36. The van der Waals surface area contributed by atoms with Crippen molar-refractivity contribution in [1.29, 1.82) is 0 Å². The molecule has 0 saturated heterocycles. The first-order valence-electron chi connectivity index (χ1n) is 8.35. The molecule has 0 fully saturated rings. The number of hydrogen-bond donors (Lipinski definition) is 1. The zero-order valence-corrected chi connectivity index (χ0v) is 16.0. The van der Waals surface area contributed by atoms with Crippen molar-refractivity contribution in [3.05, 3.63) is 82.8 Å². The number of benzene rings is 2. The first-order chi connectivity index (χ1) is 13.7. The zero-order valence-electron chi connectivity index (χ0n) is 14.5. The van der Waals surface area contributed by atoms with Crippen LogP contribution in [-0.4, -0.2) is 20.2 Å². The molecule has 0 bridgehead atoms. The highest BCUT2D eigenvalue weighted by molar-refractivity contribution is 7.98. The smallest absolute Gasteiger partial charge is 0.209 e. The molecule has 4 aromatic rings. The summed E-state index contributed by atoms with van der Waals surface area (Å²) in [5.74, 6) is 2.13. The summed E-state index contributed by atoms with van der Waals surface area (Å²) in [6.45, 7) is 0. The minimum absolute atomic E-state index is 0.263. The Morgan fingerprint density at radius 3 is 2.64 bits per heavy atom. The fourth-order valence-corrected chi connectivity index (χ4v) is 3.18. The molecule has 1 N–H and O–H groups in total. The van der Waals surface area contributed by atoms with Gasteiger partial charge >= 0.3 is 0 Å². The van der Waals surface area contributed by atoms with E-state index in [1.807, 2.05) is 30.3 Å². The monoisotopic (exact) mass is 412 g/mol. The van der Waals surface area contributed by atoms with Gasteiger partial charge in [0.05, 0.1) is 11.9 Å². The molecule has 0 spiro atoms. The molecule has 0 aliphatic rings. The van der Waals surface area contributed by atoms with Gasteiger partial charge in [-0.05, 0) is 48.0 Å². The van der Waals surface area contributed by atoms with Gasteiger partial charge in [-0.3, -0.25) is 5.10 Å². The lowest BCUT2D eigenvalue weighted by molar-refractivity contribution is 0.530. The van der Waals surface area contributed by atoms with E-state index in [4.69, 9.17) is 16.0 Å². The quantitative estimate of drug-likeness (QED) is 0.410. The molecule has 28 heavy (non-hydrogen) atoms. The Bertz CT molecular complexity index is 1090. The van der Waals surface area contributed by atoms with E-state index in [-0.39, 0.29) is 5.82 Å². The van der Waals surface area contributed by atoms with Crippen LogP contribution in [0.15, 0.2) is 64.3 Å². The fraction of sp³-hybridized carbons (Fsp3) is 0.0500. The number of H-pyrrole nitrogens is 1. The zero-order chi connectivity index (χ0) is 19.3. The Hall–Kier alpha value is -2.90. The van der Waals surface area contributed by atoms with Crippen LogP contribution in [-0.2, 0) is 5.75 Å². The van der Waals surface area contributed by atoms with Crippen LogP contribution in [0.3, 0.4) is 0 Å². The summed E-state index contributed by atoms with van der Waals surface area (Å²) in [5, 5.41) is 8.28. The minimum Gasteiger partial charge on any atom is -0.440 e. The average molecular weight is 413 g/mol. The molecule has 0 unspecified atom stereocenters. The van der Waals surface area contributed by atoms with Crippen molar-refractivity contribution in [2.24, 2.45) is 0 Å². The van der Waals surface area contributed by atoms with Crippen molar-refractivity contribution in [3.8, 4) is 11.3 Å². The molecule has 2 aromatic heterocycles. The Kier molecular flexibility index (Phi) is 5.55. The van der Waals surface area contributed by atoms with E-state index in [2.05, 4.69) is 20.2 Å². The fourth-order valence-electron chi connectivity index (χ4n) is 2.40. The van der Waals surface area contributed by atoms with E-state index in [1.54, 1.807) is 24.4 Å². The molecule has 0 aliphatic heterocycles. The highest BCUT2D eigenvalue weighted by atomic mass is 35.5. The van der Waals surface area contributed by atoms with Crippen LogP contribution in [0.4, 0.5) is 4.39 Å². The van der Waals surface area contributed by atoms with Gasteiger partial charge in [-0.25, -0.2) is 14.4 Å². The Balaban J connectivity index is 1.36. The molecule has 0 amide bonds. The molecule has 0 radical (unpaired) electrons. The molecule has 0 saturated carbocycles. The van der Waals surface area contributed by atoms with E-state index >= 15 is 0 Å². The van der Waals surface area contributed by atoms with Gasteiger partial charge in [0.2, 0.25) is 11.0 Å². The van der Waals surface area contributed by atoms with Gasteiger partial charge in [-0.2, -0.15) is 0 Å². The summed E-state index contributed by atoms with van der Waals surface area (Å²) in [4.78, 5) is 8.67. The van der Waals surface area contributed by atoms with Crippen molar-refractivity contribution in [2.75, 3.05) is 0 Å². The second-order valence-corrected chi connectivity index (χ2v) is 7.18. The van der Waals surface area contributed by atoms with Crippen molar-refractivity contribution in [2.45, 2.75) is 10.9 Å². The van der Waals surface area contributed by atoms with Gasteiger partial charge in [0, 0.05) is 10.6 Å². The van der Waals surface area contributed by atoms with Gasteiger partial charge in [0.1, 0.15) is 11.6 Å². The van der Waals surface area contributed by atoms with Crippen molar-refractivity contribution in [1.82, 2.24) is 20.2 Å². The molecular formula is C20H14ClFN4OS.